The number of aryl methyl sites for hydroxylation is 1. The summed E-state index contributed by atoms with van der Waals surface area (Å²) in [5, 5.41) is 10.8. The molecule has 196 valence electrons. The quantitative estimate of drug-likeness (QED) is 0.482. The third-order valence-corrected chi connectivity index (χ3v) is 6.85. The van der Waals surface area contributed by atoms with Gasteiger partial charge in [-0.2, -0.15) is 4.98 Å². The van der Waals surface area contributed by atoms with Crippen molar-refractivity contribution in [1.82, 2.24) is 14.5 Å². The lowest BCUT2D eigenvalue weighted by Gasteiger charge is -2.32. The number of hydrogen-bond donors (Lipinski definition) is 1. The van der Waals surface area contributed by atoms with Crippen molar-refractivity contribution in [1.29, 1.82) is 0 Å². The number of para-hydroxylation sites is 1. The van der Waals surface area contributed by atoms with E-state index in [-0.39, 0.29) is 17.3 Å². The van der Waals surface area contributed by atoms with Gasteiger partial charge in [0.25, 0.3) is 11.5 Å². The van der Waals surface area contributed by atoms with E-state index in [4.69, 9.17) is 9.47 Å². The zero-order chi connectivity index (χ0) is 26.5. The average molecular weight is 510 g/mol. The van der Waals surface area contributed by atoms with Crippen molar-refractivity contribution in [2.24, 2.45) is 0 Å². The number of nitrogens with zero attached hydrogens (tertiary/aromatic N) is 3. The van der Waals surface area contributed by atoms with Crippen molar-refractivity contribution >= 4 is 5.91 Å². The Bertz CT molecular complexity index is 1290. The number of hydrogen-bond acceptors (Lipinski definition) is 6. The van der Waals surface area contributed by atoms with Gasteiger partial charge in [0.1, 0.15) is 28.8 Å². The lowest BCUT2D eigenvalue weighted by atomic mass is 9.89. The molecule has 1 amide bonds. The second kappa shape index (κ2) is 11.5. The fourth-order valence-electron chi connectivity index (χ4n) is 4.83. The summed E-state index contributed by atoms with van der Waals surface area (Å²) in [7, 11) is 2.97. The number of aromatic nitrogens is 2. The number of carbonyl (C=O) groups is 1. The standard InChI is InChI=1S/C28H32FN3O5/c1-4-5-9-23-30-26(33)24(28(35)32(23)25-21(36-2)7-6-8-22(25)37-3)27(34)31-16-14-19(15-17-31)18-10-12-20(29)13-11-18/h6-8,10-13,19,33H,4-5,9,14-17H2,1-3H3. The smallest absolute Gasteiger partial charge is 0.275 e. The molecule has 0 spiro atoms. The monoisotopic (exact) mass is 509 g/mol. The van der Waals surface area contributed by atoms with Crippen molar-refractivity contribution in [3.63, 3.8) is 0 Å². The molecule has 0 bridgehead atoms. The number of aromatic hydroxyl groups is 1. The molecule has 1 aromatic heterocycles. The van der Waals surface area contributed by atoms with Crippen LogP contribution in [0.1, 0.15) is 60.3 Å². The molecule has 8 nitrogen and oxygen atoms in total. The first-order valence-electron chi connectivity index (χ1n) is 12.5. The van der Waals surface area contributed by atoms with Crippen LogP contribution in [0.15, 0.2) is 47.3 Å². The molecule has 1 aliphatic rings. The van der Waals surface area contributed by atoms with Crippen LogP contribution in [0.3, 0.4) is 0 Å². The minimum absolute atomic E-state index is 0.183. The fourth-order valence-corrected chi connectivity index (χ4v) is 4.83. The van der Waals surface area contributed by atoms with Crippen LogP contribution in [-0.4, -0.2) is 52.8 Å². The first-order valence-corrected chi connectivity index (χ1v) is 12.5. The molecule has 0 saturated carbocycles. The van der Waals surface area contributed by atoms with Crippen molar-refractivity contribution in [2.45, 2.75) is 44.9 Å². The Morgan fingerprint density at radius 1 is 1.08 bits per heavy atom. The zero-order valence-electron chi connectivity index (χ0n) is 21.4. The molecule has 1 aliphatic heterocycles. The van der Waals surface area contributed by atoms with Crippen LogP contribution in [0.4, 0.5) is 4.39 Å². The molecule has 2 aromatic carbocycles. The zero-order valence-corrected chi connectivity index (χ0v) is 21.4. The highest BCUT2D eigenvalue weighted by atomic mass is 19.1. The Balaban J connectivity index is 1.72. The first kappa shape index (κ1) is 26.2. The lowest BCUT2D eigenvalue weighted by Crippen LogP contribution is -2.41. The van der Waals surface area contributed by atoms with E-state index in [0.29, 0.717) is 55.4 Å². The average Bonchev–Trinajstić information content (AvgIpc) is 2.92. The maximum absolute atomic E-state index is 13.9. The van der Waals surface area contributed by atoms with Gasteiger partial charge >= 0.3 is 0 Å². The number of benzene rings is 2. The highest BCUT2D eigenvalue weighted by molar-refractivity contribution is 5.96. The molecule has 0 atom stereocenters. The molecule has 4 rings (SSSR count). The SMILES string of the molecule is CCCCc1nc(O)c(C(=O)N2CCC(c3ccc(F)cc3)CC2)c(=O)n1-c1c(OC)cccc1OC. The number of unbranched alkanes of at least 4 members (excludes halogenated alkanes) is 1. The number of likely N-dealkylation sites (tertiary alicyclic amines) is 1. The van der Waals surface area contributed by atoms with E-state index in [9.17, 15) is 19.1 Å². The van der Waals surface area contributed by atoms with Crippen LogP contribution < -0.4 is 15.0 Å². The molecule has 2 heterocycles. The van der Waals surface area contributed by atoms with Gasteiger partial charge in [-0.05, 0) is 55.0 Å². The molecule has 1 N–H and O–H groups in total. The predicted molar refractivity (Wildman–Crippen MR) is 137 cm³/mol. The van der Waals surface area contributed by atoms with Crippen molar-refractivity contribution in [3.8, 4) is 23.1 Å². The highest BCUT2D eigenvalue weighted by Gasteiger charge is 2.31. The molecule has 0 radical (unpaired) electrons. The molecule has 0 unspecified atom stereocenters. The van der Waals surface area contributed by atoms with Gasteiger partial charge in [-0.1, -0.05) is 31.5 Å². The van der Waals surface area contributed by atoms with Crippen molar-refractivity contribution in [3.05, 3.63) is 75.6 Å². The summed E-state index contributed by atoms with van der Waals surface area (Å²) in [5.41, 5.74) is 0.296. The van der Waals surface area contributed by atoms with E-state index in [1.54, 1.807) is 35.2 Å². The minimum atomic E-state index is -0.674. The molecule has 1 saturated heterocycles. The van der Waals surface area contributed by atoms with Gasteiger partial charge in [0.2, 0.25) is 5.88 Å². The maximum atomic E-state index is 13.9. The summed E-state index contributed by atoms with van der Waals surface area (Å²) in [6.45, 7) is 2.81. The van der Waals surface area contributed by atoms with Crippen LogP contribution in [-0.2, 0) is 6.42 Å². The molecular formula is C28H32FN3O5. The summed E-state index contributed by atoms with van der Waals surface area (Å²) >= 11 is 0. The van der Waals surface area contributed by atoms with Crippen LogP contribution >= 0.6 is 0 Å². The van der Waals surface area contributed by atoms with Crippen LogP contribution in [0.25, 0.3) is 5.69 Å². The van der Waals surface area contributed by atoms with Gasteiger partial charge in [-0.3, -0.25) is 14.2 Å². The molecule has 37 heavy (non-hydrogen) atoms. The number of ether oxygens (including phenoxy) is 2. The number of carbonyl (C=O) groups excluding carboxylic acids is 1. The van der Waals surface area contributed by atoms with E-state index in [1.807, 2.05) is 6.92 Å². The molecule has 0 aliphatic carbocycles. The van der Waals surface area contributed by atoms with Gasteiger partial charge in [0.05, 0.1) is 14.2 Å². The van der Waals surface area contributed by atoms with Gasteiger partial charge < -0.3 is 19.5 Å². The molecule has 3 aromatic rings. The first-order chi connectivity index (χ1) is 17.9. The Morgan fingerprint density at radius 3 is 2.27 bits per heavy atom. The van der Waals surface area contributed by atoms with E-state index in [1.165, 1.54) is 30.9 Å². The minimum Gasteiger partial charge on any atom is -0.494 e. The second-order valence-electron chi connectivity index (χ2n) is 9.10. The number of amides is 1. The Morgan fingerprint density at radius 2 is 1.70 bits per heavy atom. The third kappa shape index (κ3) is 5.30. The molecule has 9 heteroatoms. The molecule has 1 fully saturated rings. The Hall–Kier alpha value is -3.88. The predicted octanol–water partition coefficient (Wildman–Crippen LogP) is 4.46. The summed E-state index contributed by atoms with van der Waals surface area (Å²) in [5.74, 6) is -0.176. The summed E-state index contributed by atoms with van der Waals surface area (Å²) < 4.78 is 25.7. The number of piperidine rings is 1. The van der Waals surface area contributed by atoms with Gasteiger partial charge in [-0.15, -0.1) is 0 Å². The van der Waals surface area contributed by atoms with E-state index >= 15 is 0 Å². The maximum Gasteiger partial charge on any atom is 0.275 e. The second-order valence-corrected chi connectivity index (χ2v) is 9.10. The topological polar surface area (TPSA) is 93.9 Å². The number of methoxy groups -OCH3 is 2. The van der Waals surface area contributed by atoms with Crippen molar-refractivity contribution < 1.29 is 23.8 Å². The van der Waals surface area contributed by atoms with Gasteiger partial charge in [0, 0.05) is 19.5 Å². The van der Waals surface area contributed by atoms with E-state index in [0.717, 1.165) is 18.4 Å². The normalized spacial score (nSPS) is 14.0. The fraction of sp³-hybridized carbons (Fsp3) is 0.393. The summed E-state index contributed by atoms with van der Waals surface area (Å²) in [6.07, 6.45) is 3.32. The van der Waals surface area contributed by atoms with E-state index in [2.05, 4.69) is 4.98 Å². The van der Waals surface area contributed by atoms with Crippen LogP contribution in [0.5, 0.6) is 17.4 Å². The Kier molecular flexibility index (Phi) is 8.11. The van der Waals surface area contributed by atoms with E-state index < -0.39 is 17.3 Å². The largest absolute Gasteiger partial charge is 0.494 e. The van der Waals surface area contributed by atoms with Crippen LogP contribution in [0.2, 0.25) is 0 Å². The van der Waals surface area contributed by atoms with Crippen LogP contribution in [0, 0.1) is 5.82 Å². The Labute approximate surface area is 215 Å². The molecular weight excluding hydrogens is 477 g/mol. The summed E-state index contributed by atoms with van der Waals surface area (Å²) in [6, 6.07) is 11.5. The number of rotatable bonds is 8. The third-order valence-electron chi connectivity index (χ3n) is 6.85. The van der Waals surface area contributed by atoms with Gasteiger partial charge in [0.15, 0.2) is 5.56 Å². The number of halogens is 1. The lowest BCUT2D eigenvalue weighted by molar-refractivity contribution is 0.0706. The van der Waals surface area contributed by atoms with Crippen molar-refractivity contribution in [2.75, 3.05) is 27.3 Å². The highest BCUT2D eigenvalue weighted by Crippen LogP contribution is 2.34. The summed E-state index contributed by atoms with van der Waals surface area (Å²) in [4.78, 5) is 33.3. The van der Waals surface area contributed by atoms with Gasteiger partial charge in [-0.25, -0.2) is 4.39 Å².